The number of aryl methyl sites for hydroxylation is 2. The van der Waals surface area contributed by atoms with Gasteiger partial charge in [0.15, 0.2) is 11.6 Å². The first kappa shape index (κ1) is 11.3. The SMILES string of the molecule is Fc1ccc(F)c(-c2ccc3c(c2)CCC3)c1F. The van der Waals surface area contributed by atoms with Gasteiger partial charge in [0.05, 0.1) is 5.56 Å². The lowest BCUT2D eigenvalue weighted by Gasteiger charge is -2.08. The molecule has 18 heavy (non-hydrogen) atoms. The highest BCUT2D eigenvalue weighted by Crippen LogP contribution is 2.31. The molecule has 0 aromatic heterocycles. The lowest BCUT2D eigenvalue weighted by Crippen LogP contribution is -1.95. The Morgan fingerprint density at radius 1 is 0.778 bits per heavy atom. The molecule has 92 valence electrons. The van der Waals surface area contributed by atoms with Crippen molar-refractivity contribution < 1.29 is 13.2 Å². The summed E-state index contributed by atoms with van der Waals surface area (Å²) in [6.07, 6.45) is 2.98. The van der Waals surface area contributed by atoms with Crippen LogP contribution in [0.5, 0.6) is 0 Å². The van der Waals surface area contributed by atoms with Gasteiger partial charge in [-0.05, 0) is 48.1 Å². The minimum atomic E-state index is -1.12. The van der Waals surface area contributed by atoms with Crippen molar-refractivity contribution in [3.05, 3.63) is 58.9 Å². The van der Waals surface area contributed by atoms with Crippen LogP contribution in [0.25, 0.3) is 11.1 Å². The third-order valence-corrected chi connectivity index (χ3v) is 3.43. The minimum absolute atomic E-state index is 0.273. The summed E-state index contributed by atoms with van der Waals surface area (Å²) in [7, 11) is 0. The van der Waals surface area contributed by atoms with Gasteiger partial charge in [-0.3, -0.25) is 0 Å². The smallest absolute Gasteiger partial charge is 0.169 e. The van der Waals surface area contributed by atoms with Gasteiger partial charge in [0.1, 0.15) is 5.82 Å². The van der Waals surface area contributed by atoms with E-state index in [4.69, 9.17) is 0 Å². The van der Waals surface area contributed by atoms with Crippen LogP contribution in [0, 0.1) is 17.5 Å². The monoisotopic (exact) mass is 248 g/mol. The number of rotatable bonds is 1. The topological polar surface area (TPSA) is 0 Å². The summed E-state index contributed by atoms with van der Waals surface area (Å²) in [5.74, 6) is -2.87. The van der Waals surface area contributed by atoms with Gasteiger partial charge in [0, 0.05) is 0 Å². The molecule has 1 aliphatic rings. The fraction of sp³-hybridized carbons (Fsp3) is 0.200. The van der Waals surface area contributed by atoms with Crippen LogP contribution >= 0.6 is 0 Å². The molecule has 2 aromatic carbocycles. The Morgan fingerprint density at radius 2 is 1.50 bits per heavy atom. The fourth-order valence-corrected chi connectivity index (χ4v) is 2.52. The zero-order valence-corrected chi connectivity index (χ0v) is 9.64. The van der Waals surface area contributed by atoms with Crippen molar-refractivity contribution in [2.75, 3.05) is 0 Å². The predicted molar refractivity (Wildman–Crippen MR) is 63.8 cm³/mol. The third kappa shape index (κ3) is 1.70. The molecular weight excluding hydrogens is 237 g/mol. The van der Waals surface area contributed by atoms with E-state index in [9.17, 15) is 13.2 Å². The second-order valence-electron chi connectivity index (χ2n) is 4.56. The maximum atomic E-state index is 13.7. The molecule has 0 heterocycles. The summed E-state index contributed by atoms with van der Waals surface area (Å²) in [5.41, 5.74) is 2.46. The van der Waals surface area contributed by atoms with Gasteiger partial charge in [0.25, 0.3) is 0 Å². The van der Waals surface area contributed by atoms with Crippen molar-refractivity contribution in [2.24, 2.45) is 0 Å². The number of fused-ring (bicyclic) bond motifs is 1. The molecule has 0 unspecified atom stereocenters. The van der Waals surface area contributed by atoms with Gasteiger partial charge in [-0.15, -0.1) is 0 Å². The van der Waals surface area contributed by atoms with Crippen LogP contribution in [-0.2, 0) is 12.8 Å². The van der Waals surface area contributed by atoms with Gasteiger partial charge < -0.3 is 0 Å². The Labute approximate surface area is 103 Å². The third-order valence-electron chi connectivity index (χ3n) is 3.43. The van der Waals surface area contributed by atoms with Gasteiger partial charge >= 0.3 is 0 Å². The van der Waals surface area contributed by atoms with Gasteiger partial charge in [-0.2, -0.15) is 0 Å². The zero-order valence-electron chi connectivity index (χ0n) is 9.64. The van der Waals surface area contributed by atoms with E-state index < -0.39 is 17.5 Å². The van der Waals surface area contributed by atoms with Crippen LogP contribution < -0.4 is 0 Å². The highest BCUT2D eigenvalue weighted by Gasteiger charge is 2.18. The lowest BCUT2D eigenvalue weighted by atomic mass is 9.99. The Balaban J connectivity index is 2.18. The molecule has 0 fully saturated rings. The molecule has 0 saturated heterocycles. The van der Waals surface area contributed by atoms with Crippen molar-refractivity contribution in [2.45, 2.75) is 19.3 Å². The second kappa shape index (κ2) is 4.16. The fourth-order valence-electron chi connectivity index (χ4n) is 2.52. The Morgan fingerprint density at radius 3 is 2.33 bits per heavy atom. The molecule has 3 rings (SSSR count). The standard InChI is InChI=1S/C15H11F3/c16-12-6-7-13(17)15(18)14(12)11-5-4-9-2-1-3-10(9)8-11/h4-8H,1-3H2. The molecule has 0 N–H and O–H groups in total. The summed E-state index contributed by atoms with van der Waals surface area (Å²) >= 11 is 0. The van der Waals surface area contributed by atoms with Crippen LogP contribution in [0.3, 0.4) is 0 Å². The van der Waals surface area contributed by atoms with Crippen molar-refractivity contribution in [3.63, 3.8) is 0 Å². The second-order valence-corrected chi connectivity index (χ2v) is 4.56. The highest BCUT2D eigenvalue weighted by atomic mass is 19.2. The van der Waals surface area contributed by atoms with Crippen molar-refractivity contribution >= 4 is 0 Å². The normalized spacial score (nSPS) is 13.7. The molecule has 0 amide bonds. The van der Waals surface area contributed by atoms with Crippen LogP contribution in [-0.4, -0.2) is 0 Å². The van der Waals surface area contributed by atoms with Gasteiger partial charge in [-0.1, -0.05) is 18.2 Å². The molecule has 0 nitrogen and oxygen atoms in total. The van der Waals surface area contributed by atoms with Crippen molar-refractivity contribution in [1.82, 2.24) is 0 Å². The van der Waals surface area contributed by atoms with E-state index in [2.05, 4.69) is 0 Å². The van der Waals surface area contributed by atoms with Crippen LogP contribution in [0.1, 0.15) is 17.5 Å². The Hall–Kier alpha value is -1.77. The van der Waals surface area contributed by atoms with E-state index in [0.717, 1.165) is 37.0 Å². The summed E-state index contributed by atoms with van der Waals surface area (Å²) in [6.45, 7) is 0. The van der Waals surface area contributed by atoms with Crippen LogP contribution in [0.15, 0.2) is 30.3 Å². The van der Waals surface area contributed by atoms with E-state index in [1.54, 1.807) is 12.1 Å². The highest BCUT2D eigenvalue weighted by molar-refractivity contribution is 5.66. The molecule has 0 spiro atoms. The van der Waals surface area contributed by atoms with Gasteiger partial charge in [-0.25, -0.2) is 13.2 Å². The molecule has 3 heteroatoms. The Bertz CT molecular complexity index is 617. The summed E-state index contributed by atoms with van der Waals surface area (Å²) in [5, 5.41) is 0. The summed E-state index contributed by atoms with van der Waals surface area (Å²) in [4.78, 5) is 0. The van der Waals surface area contributed by atoms with E-state index in [0.29, 0.717) is 5.56 Å². The van der Waals surface area contributed by atoms with E-state index in [1.807, 2.05) is 6.07 Å². The first-order valence-electron chi connectivity index (χ1n) is 5.92. The average Bonchev–Trinajstić information content (AvgIpc) is 2.82. The van der Waals surface area contributed by atoms with Crippen LogP contribution in [0.2, 0.25) is 0 Å². The number of hydrogen-bond acceptors (Lipinski definition) is 0. The maximum absolute atomic E-state index is 13.7. The molecule has 0 radical (unpaired) electrons. The number of hydrogen-bond donors (Lipinski definition) is 0. The molecule has 0 atom stereocenters. The molecule has 0 bridgehead atoms. The molecule has 0 aliphatic heterocycles. The largest absolute Gasteiger partial charge is 0.206 e. The van der Waals surface area contributed by atoms with E-state index in [-0.39, 0.29) is 5.56 Å². The van der Waals surface area contributed by atoms with Crippen molar-refractivity contribution in [1.29, 1.82) is 0 Å². The van der Waals surface area contributed by atoms with E-state index in [1.165, 1.54) is 5.56 Å². The predicted octanol–water partition coefficient (Wildman–Crippen LogP) is 4.26. The first-order valence-corrected chi connectivity index (χ1v) is 5.92. The summed E-state index contributed by atoms with van der Waals surface area (Å²) < 4.78 is 40.5. The zero-order chi connectivity index (χ0) is 12.7. The maximum Gasteiger partial charge on any atom is 0.169 e. The number of halogens is 3. The average molecular weight is 248 g/mol. The minimum Gasteiger partial charge on any atom is -0.206 e. The molecule has 1 aliphatic carbocycles. The first-order chi connectivity index (χ1) is 8.66. The molecule has 0 saturated carbocycles. The lowest BCUT2D eigenvalue weighted by molar-refractivity contribution is 0.499. The van der Waals surface area contributed by atoms with Crippen molar-refractivity contribution in [3.8, 4) is 11.1 Å². The molecule has 2 aromatic rings. The summed E-state index contributed by atoms with van der Waals surface area (Å²) in [6, 6.07) is 7.07. The number of benzene rings is 2. The van der Waals surface area contributed by atoms with Crippen LogP contribution in [0.4, 0.5) is 13.2 Å². The van der Waals surface area contributed by atoms with E-state index >= 15 is 0 Å². The van der Waals surface area contributed by atoms with Gasteiger partial charge in [0.2, 0.25) is 0 Å². The molecular formula is C15H11F3. The Kier molecular flexibility index (Phi) is 2.62. The quantitative estimate of drug-likeness (QED) is 0.661.